The van der Waals surface area contributed by atoms with Crippen molar-refractivity contribution in [3.63, 3.8) is 0 Å². The molecule has 0 bridgehead atoms. The fourth-order valence-corrected chi connectivity index (χ4v) is 3.05. The molecule has 11 heteroatoms. The number of ether oxygens (including phenoxy) is 4. The Morgan fingerprint density at radius 3 is 1.86 bits per heavy atom. The van der Waals surface area contributed by atoms with E-state index in [1.165, 1.54) is 12.1 Å². The summed E-state index contributed by atoms with van der Waals surface area (Å²) in [4.78, 5) is 55.2. The van der Waals surface area contributed by atoms with Crippen LogP contribution in [0.15, 0.2) is 57.5 Å². The van der Waals surface area contributed by atoms with Gasteiger partial charge in [0.05, 0.1) is 56.4 Å². The number of nitrogens with zero attached hydrogens (tertiary/aromatic N) is 1. The van der Waals surface area contributed by atoms with Gasteiger partial charge in [0.2, 0.25) is 5.89 Å². The van der Waals surface area contributed by atoms with Gasteiger partial charge >= 0.3 is 23.9 Å². The number of benzene rings is 1. The van der Waals surface area contributed by atoms with Gasteiger partial charge in [-0.1, -0.05) is 30.3 Å². The van der Waals surface area contributed by atoms with Crippen LogP contribution in [-0.4, -0.2) is 62.4 Å². The van der Waals surface area contributed by atoms with Crippen LogP contribution in [0.25, 0.3) is 11.3 Å². The highest BCUT2D eigenvalue weighted by Crippen LogP contribution is 2.36. The first-order chi connectivity index (χ1) is 17.1. The molecule has 0 spiro atoms. The fraction of sp³-hybridized carbons (Fsp3) is 0.240. The highest BCUT2D eigenvalue weighted by Gasteiger charge is 2.36. The molecule has 2 rings (SSSR count). The lowest BCUT2D eigenvalue weighted by atomic mass is 9.91. The monoisotopic (exact) mass is 499 g/mol. The Morgan fingerprint density at radius 2 is 1.39 bits per heavy atom. The molecule has 0 saturated heterocycles. The van der Waals surface area contributed by atoms with Crippen molar-refractivity contribution < 1.29 is 47.6 Å². The second kappa shape index (κ2) is 12.2. The molecule has 1 heterocycles. The fourth-order valence-electron chi connectivity index (χ4n) is 3.05. The molecule has 0 aliphatic rings. The van der Waals surface area contributed by atoms with E-state index in [1.807, 2.05) is 0 Å². The van der Waals surface area contributed by atoms with Crippen LogP contribution in [0.5, 0.6) is 0 Å². The van der Waals surface area contributed by atoms with Crippen LogP contribution in [0.4, 0.5) is 0 Å². The van der Waals surface area contributed by atoms with Crippen LogP contribution in [0.2, 0.25) is 0 Å². The predicted molar refractivity (Wildman–Crippen MR) is 125 cm³/mol. The molecular formula is C25H25NO10. The lowest BCUT2D eigenvalue weighted by Crippen LogP contribution is -2.23. The van der Waals surface area contributed by atoms with E-state index >= 15 is 0 Å². The first kappa shape index (κ1) is 27.6. The van der Waals surface area contributed by atoms with E-state index in [2.05, 4.69) is 9.72 Å². The Hall–Kier alpha value is -4.67. The lowest BCUT2D eigenvalue weighted by Gasteiger charge is -2.17. The van der Waals surface area contributed by atoms with Gasteiger partial charge in [0.15, 0.2) is 0 Å². The molecule has 0 atom stereocenters. The number of carbonyl (C=O) groups excluding carboxylic acids is 4. The third kappa shape index (κ3) is 5.87. The molecule has 0 aliphatic carbocycles. The number of carbonyl (C=O) groups is 4. The first-order valence-corrected chi connectivity index (χ1v) is 10.3. The summed E-state index contributed by atoms with van der Waals surface area (Å²) in [5, 5.41) is 11.3. The Balaban J connectivity index is 3.20. The minimum Gasteiger partial charge on any atom is -0.506 e. The second-order valence-corrected chi connectivity index (χ2v) is 7.06. The van der Waals surface area contributed by atoms with Gasteiger partial charge in [-0.25, -0.2) is 24.2 Å². The molecule has 0 radical (unpaired) electrons. The normalized spacial score (nSPS) is 12.7. The molecule has 0 amide bonds. The van der Waals surface area contributed by atoms with Gasteiger partial charge < -0.3 is 28.5 Å². The summed E-state index contributed by atoms with van der Waals surface area (Å²) < 4.78 is 24.7. The van der Waals surface area contributed by atoms with Crippen LogP contribution in [-0.2, 0) is 38.1 Å². The van der Waals surface area contributed by atoms with Gasteiger partial charge in [-0.3, -0.25) is 0 Å². The molecule has 1 aromatic carbocycles. The molecule has 36 heavy (non-hydrogen) atoms. The van der Waals surface area contributed by atoms with Gasteiger partial charge in [0, 0.05) is 11.6 Å². The number of rotatable bonds is 8. The van der Waals surface area contributed by atoms with Crippen molar-refractivity contribution in [1.82, 2.24) is 4.98 Å². The maximum Gasteiger partial charge on any atom is 0.339 e. The van der Waals surface area contributed by atoms with Crippen LogP contribution >= 0.6 is 0 Å². The number of aryl methyl sites for hydroxylation is 2. The molecule has 190 valence electrons. The van der Waals surface area contributed by atoms with E-state index in [1.54, 1.807) is 32.0 Å². The zero-order valence-electron chi connectivity index (χ0n) is 20.5. The van der Waals surface area contributed by atoms with Gasteiger partial charge in [-0.2, -0.15) is 0 Å². The van der Waals surface area contributed by atoms with Crippen molar-refractivity contribution in [2.75, 3.05) is 28.4 Å². The Bertz CT molecular complexity index is 1250. The zero-order valence-corrected chi connectivity index (χ0v) is 20.5. The topological polar surface area (TPSA) is 151 Å². The Labute approximate surface area is 206 Å². The third-order valence-corrected chi connectivity index (χ3v) is 4.94. The highest BCUT2D eigenvalue weighted by molar-refractivity contribution is 6.21. The van der Waals surface area contributed by atoms with Crippen LogP contribution in [0.3, 0.4) is 0 Å². The van der Waals surface area contributed by atoms with Gasteiger partial charge in [0.25, 0.3) is 0 Å². The largest absolute Gasteiger partial charge is 0.506 e. The van der Waals surface area contributed by atoms with E-state index in [4.69, 9.17) is 18.6 Å². The van der Waals surface area contributed by atoms with Gasteiger partial charge in [-0.05, 0) is 13.8 Å². The minimum atomic E-state index is -1.23. The number of aliphatic hydroxyl groups excluding tert-OH is 1. The number of methoxy groups -OCH3 is 4. The summed E-state index contributed by atoms with van der Waals surface area (Å²) in [5.74, 6) is -5.08. The summed E-state index contributed by atoms with van der Waals surface area (Å²) in [6, 6.07) is 7.98. The van der Waals surface area contributed by atoms with Crippen LogP contribution in [0.1, 0.15) is 22.9 Å². The lowest BCUT2D eigenvalue weighted by molar-refractivity contribution is -0.141. The Kier molecular flexibility index (Phi) is 9.31. The van der Waals surface area contributed by atoms with Gasteiger partial charge in [-0.15, -0.1) is 0 Å². The number of hydrogen-bond donors (Lipinski definition) is 1. The van der Waals surface area contributed by atoms with E-state index in [0.29, 0.717) is 17.5 Å². The summed E-state index contributed by atoms with van der Waals surface area (Å²) in [7, 11) is 4.05. The van der Waals surface area contributed by atoms with E-state index in [-0.39, 0.29) is 11.5 Å². The number of oxazole rings is 1. The second-order valence-electron chi connectivity index (χ2n) is 7.06. The SMILES string of the molecule is COC(=O)/C=C(C(=O)OC)/C(C(=O)OC)=C(C(=O)OC)\C(=C(\O)c1ccccc1)c1nc(C)c(C)o1. The van der Waals surface area contributed by atoms with Crippen LogP contribution < -0.4 is 0 Å². The zero-order chi connectivity index (χ0) is 27.0. The van der Waals surface area contributed by atoms with E-state index in [0.717, 1.165) is 28.4 Å². The highest BCUT2D eigenvalue weighted by atomic mass is 16.5. The summed E-state index contributed by atoms with van der Waals surface area (Å²) in [6.07, 6.45) is 0.643. The number of aromatic nitrogens is 1. The summed E-state index contributed by atoms with van der Waals surface area (Å²) in [6.45, 7) is 3.22. The van der Waals surface area contributed by atoms with E-state index < -0.39 is 51.9 Å². The van der Waals surface area contributed by atoms with Crippen LogP contribution in [0, 0.1) is 13.8 Å². The van der Waals surface area contributed by atoms with Gasteiger partial charge in [0.1, 0.15) is 11.5 Å². The average Bonchev–Trinajstić information content (AvgIpc) is 3.23. The number of aliphatic hydroxyl groups is 1. The summed E-state index contributed by atoms with van der Waals surface area (Å²) in [5.41, 5.74) is -1.90. The quantitative estimate of drug-likeness (QED) is 0.188. The molecule has 0 fully saturated rings. The van der Waals surface area contributed by atoms with Crippen molar-refractivity contribution in [3.05, 3.63) is 76.0 Å². The minimum absolute atomic E-state index is 0.211. The standard InChI is InChI=1S/C25H25NO10/c1-13-14(2)36-22(26-13)20(21(28)15-10-8-7-9-11-15)19(25(31)35-6)18(24(30)34-5)16(23(29)33-4)12-17(27)32-3/h7-12,28H,1-6H3/b16-12-,19-18-,21-20-. The van der Waals surface area contributed by atoms with E-state index in [9.17, 15) is 24.3 Å². The molecule has 0 unspecified atom stereocenters. The van der Waals surface area contributed by atoms with Crippen molar-refractivity contribution in [1.29, 1.82) is 0 Å². The Morgan fingerprint density at radius 1 is 0.833 bits per heavy atom. The maximum absolute atomic E-state index is 13.2. The molecule has 0 saturated carbocycles. The molecule has 1 aromatic heterocycles. The molecule has 11 nitrogen and oxygen atoms in total. The smallest absolute Gasteiger partial charge is 0.339 e. The summed E-state index contributed by atoms with van der Waals surface area (Å²) >= 11 is 0. The number of esters is 4. The molecule has 1 N–H and O–H groups in total. The molecule has 0 aliphatic heterocycles. The van der Waals surface area contributed by atoms with Crippen molar-refractivity contribution in [2.45, 2.75) is 13.8 Å². The maximum atomic E-state index is 13.2. The van der Waals surface area contributed by atoms with Crippen molar-refractivity contribution in [2.24, 2.45) is 0 Å². The molecule has 2 aromatic rings. The number of hydrogen-bond acceptors (Lipinski definition) is 11. The molecular weight excluding hydrogens is 474 g/mol. The first-order valence-electron chi connectivity index (χ1n) is 10.3. The average molecular weight is 499 g/mol. The van der Waals surface area contributed by atoms with Crippen molar-refractivity contribution in [3.8, 4) is 0 Å². The van der Waals surface area contributed by atoms with Crippen molar-refractivity contribution >= 4 is 35.2 Å². The third-order valence-electron chi connectivity index (χ3n) is 4.94. The predicted octanol–water partition coefficient (Wildman–Crippen LogP) is 2.63.